The summed E-state index contributed by atoms with van der Waals surface area (Å²) in [6.45, 7) is 4.18. The van der Waals surface area contributed by atoms with Crippen LogP contribution < -0.4 is 20.9 Å². The molecule has 1 aliphatic heterocycles. The summed E-state index contributed by atoms with van der Waals surface area (Å²) in [5, 5.41) is 32.4. The van der Waals surface area contributed by atoms with Crippen LogP contribution in [0.4, 0.5) is 10.5 Å². The molecule has 3 amide bonds. The summed E-state index contributed by atoms with van der Waals surface area (Å²) in [5.41, 5.74) is -0.391. The first-order valence-electron chi connectivity index (χ1n) is 17.4. The van der Waals surface area contributed by atoms with Gasteiger partial charge in [0.05, 0.1) is 13.2 Å². The molecule has 2 aliphatic rings. The quantitative estimate of drug-likeness (QED) is 0.114. The van der Waals surface area contributed by atoms with E-state index in [2.05, 4.69) is 16.0 Å². The molecule has 276 valence electrons. The summed E-state index contributed by atoms with van der Waals surface area (Å²) in [7, 11) is -4.45. The van der Waals surface area contributed by atoms with Crippen LogP contribution in [0.2, 0.25) is 5.02 Å². The molecule has 3 atom stereocenters. The molecule has 4 rings (SSSR count). The van der Waals surface area contributed by atoms with Gasteiger partial charge in [0, 0.05) is 43.2 Å². The number of anilines is 1. The third-order valence-corrected chi connectivity index (χ3v) is 11.5. The lowest BCUT2D eigenvalue weighted by atomic mass is 9.84. The number of rotatable bonds is 16. The Hall–Kier alpha value is -3.03. The molecule has 0 radical (unpaired) electrons. The Bertz CT molecular complexity index is 1480. The van der Waals surface area contributed by atoms with E-state index in [4.69, 9.17) is 25.4 Å². The smallest absolute Gasteiger partial charge is 0.408 e. The SMILES string of the molecule is CCOP(=O)(OCC)C(O)C(O)(CCC(=O)N1CCNCc2ccccc21)NC(=O)[C@H](CC1CCCCC1)NC(=O)OCc1cccc(Cl)c1. The number of para-hydroxylation sites is 1. The van der Waals surface area contributed by atoms with Gasteiger partial charge in [-0.2, -0.15) is 0 Å². The van der Waals surface area contributed by atoms with E-state index in [9.17, 15) is 29.2 Å². The average molecular weight is 737 g/mol. The number of carbonyl (C=O) groups is 3. The number of aliphatic hydroxyl groups excluding tert-OH is 1. The molecule has 1 saturated carbocycles. The summed E-state index contributed by atoms with van der Waals surface area (Å²) < 4.78 is 29.9. The molecule has 1 fully saturated rings. The van der Waals surface area contributed by atoms with Crippen molar-refractivity contribution in [3.05, 3.63) is 64.7 Å². The number of amides is 3. The predicted molar refractivity (Wildman–Crippen MR) is 189 cm³/mol. The minimum atomic E-state index is -4.45. The second kappa shape index (κ2) is 19.0. The van der Waals surface area contributed by atoms with Gasteiger partial charge in [0.15, 0.2) is 5.72 Å². The zero-order valence-electron chi connectivity index (χ0n) is 28.8. The van der Waals surface area contributed by atoms with Crippen molar-refractivity contribution >= 4 is 42.8 Å². The van der Waals surface area contributed by atoms with Gasteiger partial charge in [-0.05, 0) is 55.5 Å². The number of alkyl carbamates (subject to hydrolysis) is 1. The maximum atomic E-state index is 14.0. The second-order valence-electron chi connectivity index (χ2n) is 12.7. The van der Waals surface area contributed by atoms with Crippen LogP contribution in [-0.4, -0.2) is 72.0 Å². The van der Waals surface area contributed by atoms with Crippen LogP contribution in [-0.2, 0) is 41.1 Å². The van der Waals surface area contributed by atoms with Crippen molar-refractivity contribution in [3.63, 3.8) is 0 Å². The monoisotopic (exact) mass is 736 g/mol. The fourth-order valence-electron chi connectivity index (χ4n) is 6.45. The van der Waals surface area contributed by atoms with E-state index < -0.39 is 43.6 Å². The van der Waals surface area contributed by atoms with Crippen LogP contribution in [0.1, 0.15) is 76.3 Å². The highest BCUT2D eigenvalue weighted by molar-refractivity contribution is 7.54. The van der Waals surface area contributed by atoms with Gasteiger partial charge in [0.25, 0.3) is 0 Å². The molecule has 1 aliphatic carbocycles. The van der Waals surface area contributed by atoms with Crippen LogP contribution in [0.5, 0.6) is 0 Å². The van der Waals surface area contributed by atoms with Crippen molar-refractivity contribution in [3.8, 4) is 0 Å². The van der Waals surface area contributed by atoms with E-state index in [0.29, 0.717) is 35.9 Å². The number of aliphatic hydroxyl groups is 2. The molecular formula is C35H50ClN4O9P. The molecule has 15 heteroatoms. The zero-order chi connectivity index (χ0) is 36.1. The van der Waals surface area contributed by atoms with Gasteiger partial charge < -0.3 is 44.8 Å². The van der Waals surface area contributed by atoms with Crippen LogP contribution in [0.25, 0.3) is 0 Å². The number of fused-ring (bicyclic) bond motifs is 1. The van der Waals surface area contributed by atoms with Crippen molar-refractivity contribution in [2.24, 2.45) is 5.92 Å². The van der Waals surface area contributed by atoms with Gasteiger partial charge in [-0.15, -0.1) is 0 Å². The molecule has 2 unspecified atom stereocenters. The summed E-state index contributed by atoms with van der Waals surface area (Å²) in [4.78, 5) is 42.3. The van der Waals surface area contributed by atoms with Gasteiger partial charge in [0.2, 0.25) is 17.7 Å². The Labute approximate surface area is 298 Å². The fourth-order valence-corrected chi connectivity index (χ4v) is 8.46. The van der Waals surface area contributed by atoms with Crippen LogP contribution >= 0.6 is 19.2 Å². The van der Waals surface area contributed by atoms with E-state index in [1.54, 1.807) is 43.0 Å². The van der Waals surface area contributed by atoms with Crippen LogP contribution in [0.15, 0.2) is 48.5 Å². The van der Waals surface area contributed by atoms with E-state index >= 15 is 0 Å². The number of nitrogens with one attached hydrogen (secondary N) is 3. The molecular weight excluding hydrogens is 687 g/mol. The van der Waals surface area contributed by atoms with Crippen molar-refractivity contribution in [2.45, 2.75) is 96.0 Å². The molecule has 0 saturated heterocycles. The molecule has 0 bridgehead atoms. The number of nitrogens with zero attached hydrogens (tertiary/aromatic N) is 1. The van der Waals surface area contributed by atoms with Crippen molar-refractivity contribution in [1.82, 2.24) is 16.0 Å². The number of halogens is 1. The molecule has 2 aromatic rings. The first-order valence-corrected chi connectivity index (χ1v) is 19.3. The molecule has 5 N–H and O–H groups in total. The lowest BCUT2D eigenvalue weighted by molar-refractivity contribution is -0.141. The number of hydrogen-bond acceptors (Lipinski definition) is 10. The standard InChI is InChI=1S/C35H50ClN4O9P/c1-3-48-50(46,49-4-2)33(43)35(45,18-17-31(41)40-20-19-37-23-27-14-8-9-16-30(27)40)39-32(42)29(22-25-11-6-5-7-12-25)38-34(44)47-24-26-13-10-15-28(36)21-26/h8-10,13-16,21,25,29,33,37,43,45H,3-7,11-12,17-20,22-24H2,1-2H3,(H,38,44)(H,39,42)/t29-,33?,35?/m0/s1. The lowest BCUT2D eigenvalue weighted by Gasteiger charge is -2.38. The first-order chi connectivity index (χ1) is 24.0. The van der Waals surface area contributed by atoms with Gasteiger partial charge in [-0.25, -0.2) is 4.79 Å². The molecule has 13 nitrogen and oxygen atoms in total. The summed E-state index contributed by atoms with van der Waals surface area (Å²) in [6, 6.07) is 13.1. The summed E-state index contributed by atoms with van der Waals surface area (Å²) in [5.74, 6) is -3.41. The van der Waals surface area contributed by atoms with Crippen molar-refractivity contribution in [2.75, 3.05) is 31.2 Å². The van der Waals surface area contributed by atoms with Gasteiger partial charge in [0.1, 0.15) is 12.6 Å². The maximum Gasteiger partial charge on any atom is 0.408 e. The topological polar surface area (TPSA) is 176 Å². The maximum absolute atomic E-state index is 14.0. The predicted octanol–water partition coefficient (Wildman–Crippen LogP) is 5.21. The van der Waals surface area contributed by atoms with Crippen molar-refractivity contribution in [1.29, 1.82) is 0 Å². The minimum Gasteiger partial charge on any atom is -0.445 e. The van der Waals surface area contributed by atoms with Crippen molar-refractivity contribution < 1.29 is 42.9 Å². The fraction of sp³-hybridized carbons (Fsp3) is 0.571. The summed E-state index contributed by atoms with van der Waals surface area (Å²) >= 11 is 6.05. The lowest BCUT2D eigenvalue weighted by Crippen LogP contribution is -2.61. The zero-order valence-corrected chi connectivity index (χ0v) is 30.4. The van der Waals surface area contributed by atoms with Crippen LogP contribution in [0.3, 0.4) is 0 Å². The first kappa shape index (κ1) is 39.8. The highest BCUT2D eigenvalue weighted by atomic mass is 35.5. The molecule has 0 spiro atoms. The van der Waals surface area contributed by atoms with E-state index in [-0.39, 0.29) is 44.5 Å². The number of benzene rings is 2. The minimum absolute atomic E-state index is 0.0991. The highest BCUT2D eigenvalue weighted by Gasteiger charge is 2.51. The Kier molecular flexibility index (Phi) is 15.1. The Balaban J connectivity index is 1.57. The van der Waals surface area contributed by atoms with E-state index in [0.717, 1.165) is 37.7 Å². The highest BCUT2D eigenvalue weighted by Crippen LogP contribution is 2.55. The Morgan fingerprint density at radius 3 is 2.50 bits per heavy atom. The Morgan fingerprint density at radius 1 is 1.08 bits per heavy atom. The second-order valence-corrected chi connectivity index (χ2v) is 15.2. The van der Waals surface area contributed by atoms with Gasteiger partial charge in [-0.3, -0.25) is 14.2 Å². The molecule has 1 heterocycles. The summed E-state index contributed by atoms with van der Waals surface area (Å²) in [6.07, 6.45) is 3.20. The third-order valence-electron chi connectivity index (χ3n) is 8.98. The van der Waals surface area contributed by atoms with E-state index in [1.165, 1.54) is 0 Å². The van der Waals surface area contributed by atoms with E-state index in [1.807, 2.05) is 24.3 Å². The number of carbonyl (C=O) groups excluding carboxylic acids is 3. The molecule has 50 heavy (non-hydrogen) atoms. The average Bonchev–Trinajstić information content (AvgIpc) is 3.33. The van der Waals surface area contributed by atoms with Crippen LogP contribution in [0, 0.1) is 5.92 Å². The van der Waals surface area contributed by atoms with Gasteiger partial charge in [-0.1, -0.05) is 74.0 Å². The van der Waals surface area contributed by atoms with Gasteiger partial charge >= 0.3 is 13.7 Å². The third kappa shape index (κ3) is 11.0. The number of ether oxygens (including phenoxy) is 1. The molecule has 2 aromatic carbocycles. The number of hydrogen-bond donors (Lipinski definition) is 5. The molecule has 0 aromatic heterocycles. The normalized spacial score (nSPS) is 17.8. The Morgan fingerprint density at radius 2 is 1.80 bits per heavy atom. The largest absolute Gasteiger partial charge is 0.445 e.